The summed E-state index contributed by atoms with van der Waals surface area (Å²) in [5.74, 6) is 2.13. The predicted molar refractivity (Wildman–Crippen MR) is 82.7 cm³/mol. The third kappa shape index (κ3) is 3.32. The highest BCUT2D eigenvalue weighted by atomic mass is 16.5. The van der Waals surface area contributed by atoms with Crippen molar-refractivity contribution in [2.75, 3.05) is 5.73 Å². The summed E-state index contributed by atoms with van der Waals surface area (Å²) in [5.41, 5.74) is 8.02. The minimum Gasteiger partial charge on any atom is -0.491 e. The van der Waals surface area contributed by atoms with Crippen LogP contribution in [-0.2, 0) is 6.54 Å². The summed E-state index contributed by atoms with van der Waals surface area (Å²) in [6, 6.07) is 7.90. The number of ether oxygens (including phenoxy) is 1. The molecule has 1 aromatic heterocycles. The Morgan fingerprint density at radius 2 is 1.80 bits per heavy atom. The lowest BCUT2D eigenvalue weighted by molar-refractivity contribution is 0.242. The van der Waals surface area contributed by atoms with Crippen molar-refractivity contribution in [1.82, 2.24) is 9.55 Å². The molecule has 0 spiro atoms. The SMILES string of the molecule is CC(C)Cn1cnc(-c2ccc(OC(C)C)cc2)c1N. The lowest BCUT2D eigenvalue weighted by Crippen LogP contribution is -2.07. The summed E-state index contributed by atoms with van der Waals surface area (Å²) in [4.78, 5) is 4.43. The van der Waals surface area contributed by atoms with E-state index in [-0.39, 0.29) is 6.10 Å². The Balaban J connectivity index is 2.21. The molecule has 2 aromatic rings. The van der Waals surface area contributed by atoms with Crippen LogP contribution in [0.25, 0.3) is 11.3 Å². The highest BCUT2D eigenvalue weighted by Crippen LogP contribution is 2.26. The average molecular weight is 273 g/mol. The Morgan fingerprint density at radius 3 is 2.35 bits per heavy atom. The van der Waals surface area contributed by atoms with E-state index in [4.69, 9.17) is 10.5 Å². The first-order chi connectivity index (χ1) is 9.47. The molecular weight excluding hydrogens is 250 g/mol. The van der Waals surface area contributed by atoms with Crippen LogP contribution in [-0.4, -0.2) is 15.7 Å². The molecule has 0 radical (unpaired) electrons. The third-order valence-electron chi connectivity index (χ3n) is 2.94. The lowest BCUT2D eigenvalue weighted by atomic mass is 10.1. The molecule has 2 rings (SSSR count). The van der Waals surface area contributed by atoms with E-state index >= 15 is 0 Å². The van der Waals surface area contributed by atoms with E-state index < -0.39 is 0 Å². The van der Waals surface area contributed by atoms with Gasteiger partial charge in [0.25, 0.3) is 0 Å². The Morgan fingerprint density at radius 1 is 1.15 bits per heavy atom. The summed E-state index contributed by atoms with van der Waals surface area (Å²) < 4.78 is 7.63. The van der Waals surface area contributed by atoms with Gasteiger partial charge in [-0.2, -0.15) is 0 Å². The summed E-state index contributed by atoms with van der Waals surface area (Å²) in [7, 11) is 0. The first kappa shape index (κ1) is 14.4. The molecule has 4 nitrogen and oxygen atoms in total. The van der Waals surface area contributed by atoms with Crippen molar-refractivity contribution >= 4 is 5.82 Å². The number of benzene rings is 1. The van der Waals surface area contributed by atoms with Gasteiger partial charge in [-0.15, -0.1) is 0 Å². The Labute approximate surface area is 120 Å². The van der Waals surface area contributed by atoms with Gasteiger partial charge in [-0.1, -0.05) is 13.8 Å². The zero-order chi connectivity index (χ0) is 14.7. The van der Waals surface area contributed by atoms with E-state index in [2.05, 4.69) is 18.8 Å². The third-order valence-corrected chi connectivity index (χ3v) is 2.94. The number of aromatic nitrogens is 2. The summed E-state index contributed by atoms with van der Waals surface area (Å²) >= 11 is 0. The Kier molecular flexibility index (Phi) is 4.32. The van der Waals surface area contributed by atoms with Gasteiger partial charge in [-0.05, 0) is 44.0 Å². The largest absolute Gasteiger partial charge is 0.491 e. The fourth-order valence-corrected chi connectivity index (χ4v) is 2.12. The maximum Gasteiger partial charge on any atom is 0.131 e. The highest BCUT2D eigenvalue weighted by molar-refractivity contribution is 5.70. The van der Waals surface area contributed by atoms with Crippen molar-refractivity contribution in [3.05, 3.63) is 30.6 Å². The van der Waals surface area contributed by atoms with Crippen LogP contribution >= 0.6 is 0 Å². The normalized spacial score (nSPS) is 11.3. The van der Waals surface area contributed by atoms with Crippen molar-refractivity contribution in [3.63, 3.8) is 0 Å². The Hall–Kier alpha value is -1.97. The van der Waals surface area contributed by atoms with Crippen molar-refractivity contribution < 1.29 is 4.74 Å². The molecule has 0 saturated carbocycles. The first-order valence-electron chi connectivity index (χ1n) is 7.05. The van der Waals surface area contributed by atoms with Crippen LogP contribution in [0, 0.1) is 5.92 Å². The zero-order valence-corrected chi connectivity index (χ0v) is 12.6. The van der Waals surface area contributed by atoms with Crippen LogP contribution in [0.5, 0.6) is 5.75 Å². The predicted octanol–water partition coefficient (Wildman–Crippen LogP) is 3.58. The van der Waals surface area contributed by atoms with Gasteiger partial charge in [0.05, 0.1) is 12.4 Å². The van der Waals surface area contributed by atoms with Gasteiger partial charge in [0.15, 0.2) is 0 Å². The molecule has 0 fully saturated rings. The summed E-state index contributed by atoms with van der Waals surface area (Å²) in [6.07, 6.45) is 1.99. The van der Waals surface area contributed by atoms with E-state index in [1.807, 2.05) is 49.0 Å². The molecule has 0 atom stereocenters. The van der Waals surface area contributed by atoms with Crippen molar-refractivity contribution in [2.24, 2.45) is 5.92 Å². The Bertz CT molecular complexity index is 556. The number of nitrogens with zero attached hydrogens (tertiary/aromatic N) is 2. The molecule has 1 heterocycles. The topological polar surface area (TPSA) is 53.1 Å². The fraction of sp³-hybridized carbons (Fsp3) is 0.438. The van der Waals surface area contributed by atoms with E-state index in [0.717, 1.165) is 29.4 Å². The van der Waals surface area contributed by atoms with E-state index in [9.17, 15) is 0 Å². The number of nitrogens with two attached hydrogens (primary N) is 1. The highest BCUT2D eigenvalue weighted by Gasteiger charge is 2.11. The standard InChI is InChI=1S/C16H23N3O/c1-11(2)9-19-10-18-15(16(19)17)13-5-7-14(8-6-13)20-12(3)4/h5-8,10-12H,9,17H2,1-4H3. The molecule has 2 N–H and O–H groups in total. The number of anilines is 1. The minimum absolute atomic E-state index is 0.177. The number of hydrogen-bond acceptors (Lipinski definition) is 3. The van der Waals surface area contributed by atoms with E-state index in [0.29, 0.717) is 5.92 Å². The molecular formula is C16H23N3O. The van der Waals surface area contributed by atoms with Gasteiger partial charge in [-0.25, -0.2) is 4.98 Å². The van der Waals surface area contributed by atoms with Crippen LogP contribution in [0.15, 0.2) is 30.6 Å². The maximum absolute atomic E-state index is 6.17. The van der Waals surface area contributed by atoms with Gasteiger partial charge < -0.3 is 15.0 Å². The molecule has 20 heavy (non-hydrogen) atoms. The minimum atomic E-state index is 0.177. The van der Waals surface area contributed by atoms with Crippen molar-refractivity contribution in [3.8, 4) is 17.0 Å². The maximum atomic E-state index is 6.17. The molecule has 4 heteroatoms. The molecule has 0 aliphatic heterocycles. The number of hydrogen-bond donors (Lipinski definition) is 1. The molecule has 0 bridgehead atoms. The number of nitrogen functional groups attached to an aromatic ring is 1. The molecule has 0 aliphatic rings. The molecule has 0 aliphatic carbocycles. The van der Waals surface area contributed by atoms with E-state index in [1.54, 1.807) is 0 Å². The van der Waals surface area contributed by atoms with E-state index in [1.165, 1.54) is 0 Å². The van der Waals surface area contributed by atoms with Crippen molar-refractivity contribution in [2.45, 2.75) is 40.3 Å². The molecule has 0 saturated heterocycles. The quantitative estimate of drug-likeness (QED) is 0.906. The second-order valence-corrected chi connectivity index (χ2v) is 5.72. The lowest BCUT2D eigenvalue weighted by Gasteiger charge is -2.10. The fourth-order valence-electron chi connectivity index (χ4n) is 2.12. The number of rotatable bonds is 5. The smallest absolute Gasteiger partial charge is 0.131 e. The van der Waals surface area contributed by atoms with Crippen LogP contribution in [0.3, 0.4) is 0 Å². The second kappa shape index (κ2) is 5.99. The zero-order valence-electron chi connectivity index (χ0n) is 12.6. The van der Waals surface area contributed by atoms with Crippen LogP contribution in [0.2, 0.25) is 0 Å². The van der Waals surface area contributed by atoms with Gasteiger partial charge in [-0.3, -0.25) is 0 Å². The average Bonchev–Trinajstić information content (AvgIpc) is 2.71. The van der Waals surface area contributed by atoms with Gasteiger partial charge >= 0.3 is 0 Å². The van der Waals surface area contributed by atoms with Crippen LogP contribution in [0.1, 0.15) is 27.7 Å². The van der Waals surface area contributed by atoms with Gasteiger partial charge in [0.2, 0.25) is 0 Å². The van der Waals surface area contributed by atoms with Gasteiger partial charge in [0.1, 0.15) is 17.3 Å². The van der Waals surface area contributed by atoms with Crippen molar-refractivity contribution in [1.29, 1.82) is 0 Å². The monoisotopic (exact) mass is 273 g/mol. The van der Waals surface area contributed by atoms with Gasteiger partial charge in [0, 0.05) is 12.1 Å². The summed E-state index contributed by atoms with van der Waals surface area (Å²) in [5, 5.41) is 0. The van der Waals surface area contributed by atoms with Crippen LogP contribution in [0.4, 0.5) is 5.82 Å². The second-order valence-electron chi connectivity index (χ2n) is 5.72. The first-order valence-corrected chi connectivity index (χ1v) is 7.05. The number of imidazole rings is 1. The van der Waals surface area contributed by atoms with Crippen LogP contribution < -0.4 is 10.5 Å². The molecule has 1 aromatic carbocycles. The molecule has 0 unspecified atom stereocenters. The summed E-state index contributed by atoms with van der Waals surface area (Å²) in [6.45, 7) is 9.24. The molecule has 0 amide bonds. The molecule has 108 valence electrons.